The van der Waals surface area contributed by atoms with E-state index in [1.165, 1.54) is 29.8 Å². The largest absolute Gasteiger partial charge is 0.449 e. The van der Waals surface area contributed by atoms with Crippen molar-refractivity contribution < 1.29 is 14.3 Å². The van der Waals surface area contributed by atoms with Gasteiger partial charge >= 0.3 is 5.97 Å². The van der Waals surface area contributed by atoms with Crippen LogP contribution in [-0.2, 0) is 16.6 Å². The van der Waals surface area contributed by atoms with Crippen LogP contribution in [0.3, 0.4) is 0 Å². The number of halogens is 2. The second-order valence-corrected chi connectivity index (χ2v) is 7.50. The summed E-state index contributed by atoms with van der Waals surface area (Å²) in [7, 11) is 1.71. The van der Waals surface area contributed by atoms with Gasteiger partial charge in [-0.25, -0.2) is 9.48 Å². The lowest BCUT2D eigenvalue weighted by Crippen LogP contribution is -2.32. The van der Waals surface area contributed by atoms with Gasteiger partial charge in [0, 0.05) is 17.1 Å². The normalized spacial score (nSPS) is 11.8. The average Bonchev–Trinajstić information content (AvgIpc) is 2.91. The van der Waals surface area contributed by atoms with Crippen molar-refractivity contribution in [2.75, 3.05) is 5.32 Å². The number of esters is 1. The molecular weight excluding hydrogens is 429 g/mol. The van der Waals surface area contributed by atoms with E-state index in [4.69, 9.17) is 27.9 Å². The summed E-state index contributed by atoms with van der Waals surface area (Å²) in [6, 6.07) is 13.3. The Hall–Kier alpha value is -3.03. The predicted octanol–water partition coefficient (Wildman–Crippen LogP) is 3.98. The molecule has 0 radical (unpaired) electrons. The summed E-state index contributed by atoms with van der Waals surface area (Å²) in [5, 5.41) is 3.11. The van der Waals surface area contributed by atoms with Gasteiger partial charge in [-0.15, -0.1) is 0 Å². The van der Waals surface area contributed by atoms with E-state index in [-0.39, 0.29) is 21.3 Å². The fourth-order valence-electron chi connectivity index (χ4n) is 2.89. The fourth-order valence-corrected chi connectivity index (χ4v) is 3.42. The Morgan fingerprint density at radius 2 is 1.67 bits per heavy atom. The summed E-state index contributed by atoms with van der Waals surface area (Å²) < 4.78 is 8.27. The maximum absolute atomic E-state index is 12.9. The number of aromatic nitrogens is 2. The third kappa shape index (κ3) is 4.42. The van der Waals surface area contributed by atoms with Crippen LogP contribution in [0.4, 0.5) is 5.69 Å². The zero-order valence-electron chi connectivity index (χ0n) is 16.5. The fraction of sp³-hybridized carbons (Fsp3) is 0.190. The number of hydrogen-bond donors (Lipinski definition) is 1. The number of benzene rings is 2. The van der Waals surface area contributed by atoms with Crippen LogP contribution in [0.1, 0.15) is 23.0 Å². The van der Waals surface area contributed by atoms with Crippen LogP contribution in [0.25, 0.3) is 5.69 Å². The molecule has 9 heteroatoms. The smallest absolute Gasteiger partial charge is 0.339 e. The quantitative estimate of drug-likeness (QED) is 0.599. The Morgan fingerprint density at radius 3 is 2.27 bits per heavy atom. The highest BCUT2D eigenvalue weighted by Gasteiger charge is 2.24. The predicted molar refractivity (Wildman–Crippen MR) is 116 cm³/mol. The average molecular weight is 448 g/mol. The maximum Gasteiger partial charge on any atom is 0.339 e. The Bertz CT molecular complexity index is 1150. The molecule has 0 fully saturated rings. The Labute approximate surface area is 182 Å². The second-order valence-electron chi connectivity index (χ2n) is 6.63. The number of nitrogens with zero attached hydrogens (tertiary/aromatic N) is 2. The highest BCUT2D eigenvalue weighted by Crippen LogP contribution is 2.20. The van der Waals surface area contributed by atoms with Gasteiger partial charge in [0.05, 0.1) is 16.9 Å². The number of amides is 1. The molecule has 0 aliphatic heterocycles. The summed E-state index contributed by atoms with van der Waals surface area (Å²) in [5.74, 6) is -1.39. The standard InChI is InChI=1S/C21H19Cl2N3O4/c1-12-18(20(28)26(25(12)3)17-7-5-4-6-8-17)24-19(27)13(2)30-21(29)14-9-15(22)11-16(23)10-14/h4-11,13H,1-3H3,(H,24,27)/t13-/m0/s1. The monoisotopic (exact) mass is 447 g/mol. The van der Waals surface area contributed by atoms with Gasteiger partial charge in [-0.3, -0.25) is 14.3 Å². The molecule has 1 heterocycles. The van der Waals surface area contributed by atoms with Gasteiger partial charge in [0.2, 0.25) is 0 Å². The zero-order chi connectivity index (χ0) is 22.0. The molecule has 0 unspecified atom stereocenters. The van der Waals surface area contributed by atoms with Crippen molar-refractivity contribution >= 4 is 40.8 Å². The molecule has 3 aromatic rings. The topological polar surface area (TPSA) is 82.3 Å². The molecule has 0 bridgehead atoms. The van der Waals surface area contributed by atoms with Gasteiger partial charge < -0.3 is 10.1 Å². The first kappa shape index (κ1) is 21.7. The molecule has 2 aromatic carbocycles. The van der Waals surface area contributed by atoms with Crippen molar-refractivity contribution in [3.05, 3.63) is 80.2 Å². The van der Waals surface area contributed by atoms with Crippen LogP contribution < -0.4 is 10.9 Å². The number of anilines is 1. The van der Waals surface area contributed by atoms with Gasteiger partial charge in [-0.2, -0.15) is 0 Å². The highest BCUT2D eigenvalue weighted by atomic mass is 35.5. The molecule has 0 aliphatic carbocycles. The summed E-state index contributed by atoms with van der Waals surface area (Å²) >= 11 is 11.8. The van der Waals surface area contributed by atoms with Crippen LogP contribution >= 0.6 is 23.2 Å². The minimum absolute atomic E-state index is 0.111. The lowest BCUT2D eigenvalue weighted by molar-refractivity contribution is -0.123. The van der Waals surface area contributed by atoms with Gasteiger partial charge in [-0.1, -0.05) is 41.4 Å². The third-order valence-electron chi connectivity index (χ3n) is 4.55. The molecule has 0 aliphatic rings. The number of para-hydroxylation sites is 1. The lowest BCUT2D eigenvalue weighted by atomic mass is 10.2. The van der Waals surface area contributed by atoms with Gasteiger partial charge in [0.1, 0.15) is 5.69 Å². The number of carbonyl (C=O) groups excluding carboxylic acids is 2. The van der Waals surface area contributed by atoms with Gasteiger partial charge in [0.25, 0.3) is 11.5 Å². The minimum Gasteiger partial charge on any atom is -0.449 e. The van der Waals surface area contributed by atoms with E-state index < -0.39 is 23.5 Å². The van der Waals surface area contributed by atoms with Gasteiger partial charge in [0.15, 0.2) is 6.10 Å². The number of nitrogens with one attached hydrogen (secondary N) is 1. The summed E-state index contributed by atoms with van der Waals surface area (Å²) in [6.07, 6.45) is -1.15. The van der Waals surface area contributed by atoms with Crippen molar-refractivity contribution in [3.63, 3.8) is 0 Å². The molecule has 1 atom stereocenters. The van der Waals surface area contributed by atoms with E-state index >= 15 is 0 Å². The summed E-state index contributed by atoms with van der Waals surface area (Å²) in [5.41, 5.74) is 1.05. The number of carbonyl (C=O) groups is 2. The molecule has 3 rings (SSSR count). The van der Waals surface area contributed by atoms with Crippen molar-refractivity contribution in [1.82, 2.24) is 9.36 Å². The SMILES string of the molecule is Cc1c(NC(=O)[C@H](C)OC(=O)c2cc(Cl)cc(Cl)c2)c(=O)n(-c2ccccc2)n1C. The summed E-state index contributed by atoms with van der Waals surface area (Å²) in [4.78, 5) is 37.8. The Balaban J connectivity index is 1.79. The number of rotatable bonds is 5. The molecule has 156 valence electrons. The van der Waals surface area contributed by atoms with Crippen LogP contribution in [0.2, 0.25) is 10.0 Å². The first-order valence-electron chi connectivity index (χ1n) is 9.01. The van der Waals surface area contributed by atoms with Crippen molar-refractivity contribution in [2.45, 2.75) is 20.0 Å². The highest BCUT2D eigenvalue weighted by molar-refractivity contribution is 6.35. The van der Waals surface area contributed by atoms with Crippen LogP contribution in [0.15, 0.2) is 53.3 Å². The number of hydrogen-bond acceptors (Lipinski definition) is 4. The number of ether oxygens (including phenoxy) is 1. The molecular formula is C21H19Cl2N3O4. The Kier molecular flexibility index (Phi) is 6.34. The molecule has 1 N–H and O–H groups in total. The third-order valence-corrected chi connectivity index (χ3v) is 4.99. The van der Waals surface area contributed by atoms with E-state index in [1.54, 1.807) is 30.8 Å². The molecule has 1 amide bonds. The molecule has 0 spiro atoms. The first-order valence-corrected chi connectivity index (χ1v) is 9.76. The molecule has 0 saturated heterocycles. The lowest BCUT2D eigenvalue weighted by Gasteiger charge is -2.13. The van der Waals surface area contributed by atoms with Crippen molar-refractivity contribution in [3.8, 4) is 5.69 Å². The first-order chi connectivity index (χ1) is 14.2. The van der Waals surface area contributed by atoms with Crippen LogP contribution in [-0.4, -0.2) is 27.3 Å². The molecule has 30 heavy (non-hydrogen) atoms. The second kappa shape index (κ2) is 8.77. The molecule has 1 aromatic heterocycles. The van der Waals surface area contributed by atoms with E-state index in [1.807, 2.05) is 18.2 Å². The zero-order valence-corrected chi connectivity index (χ0v) is 18.0. The van der Waals surface area contributed by atoms with Crippen molar-refractivity contribution in [1.29, 1.82) is 0 Å². The van der Waals surface area contributed by atoms with Crippen LogP contribution in [0.5, 0.6) is 0 Å². The van der Waals surface area contributed by atoms with Gasteiger partial charge in [-0.05, 0) is 44.2 Å². The van der Waals surface area contributed by atoms with E-state index in [9.17, 15) is 14.4 Å². The maximum atomic E-state index is 12.9. The van der Waals surface area contributed by atoms with E-state index in [0.717, 1.165) is 0 Å². The molecule has 0 saturated carbocycles. The van der Waals surface area contributed by atoms with Crippen LogP contribution in [0, 0.1) is 6.92 Å². The Morgan fingerprint density at radius 1 is 1.07 bits per heavy atom. The van der Waals surface area contributed by atoms with Crippen molar-refractivity contribution in [2.24, 2.45) is 7.05 Å². The minimum atomic E-state index is -1.15. The summed E-state index contributed by atoms with van der Waals surface area (Å²) in [6.45, 7) is 3.12. The van der Waals surface area contributed by atoms with E-state index in [0.29, 0.717) is 11.4 Å². The van der Waals surface area contributed by atoms with E-state index in [2.05, 4.69) is 5.32 Å². The molecule has 7 nitrogen and oxygen atoms in total.